The number of piperazine rings is 1. The van der Waals surface area contributed by atoms with Gasteiger partial charge in [-0.05, 0) is 31.7 Å². The van der Waals surface area contributed by atoms with Gasteiger partial charge in [-0.2, -0.15) is 0 Å². The van der Waals surface area contributed by atoms with E-state index >= 15 is 0 Å². The zero-order chi connectivity index (χ0) is 20.6. The standard InChI is InChI=1S/C23H37N5O/c1-4-20(21-10-6-5-7-11-21)18-25-23(24-3)28-16-14-26(15-17-28)19(2)22(29)27-12-8-9-13-27/h5-7,10-11,19-20H,4,8-9,12-18H2,1-3H3,(H,24,25). The van der Waals surface area contributed by atoms with Gasteiger partial charge in [0, 0.05) is 58.8 Å². The number of guanidine groups is 1. The molecule has 2 aliphatic heterocycles. The fourth-order valence-corrected chi connectivity index (χ4v) is 4.45. The summed E-state index contributed by atoms with van der Waals surface area (Å²) < 4.78 is 0. The summed E-state index contributed by atoms with van der Waals surface area (Å²) in [5.74, 6) is 1.75. The normalized spacial score (nSPS) is 20.6. The predicted molar refractivity (Wildman–Crippen MR) is 119 cm³/mol. The average molecular weight is 400 g/mol. The third-order valence-electron chi connectivity index (χ3n) is 6.42. The molecule has 3 rings (SSSR count). The molecule has 1 aromatic rings. The van der Waals surface area contributed by atoms with Crippen molar-refractivity contribution in [2.45, 2.75) is 45.1 Å². The molecule has 0 saturated carbocycles. The van der Waals surface area contributed by atoms with Gasteiger partial charge in [-0.25, -0.2) is 0 Å². The number of aliphatic imine (C=N–C) groups is 1. The van der Waals surface area contributed by atoms with Crippen molar-refractivity contribution in [1.29, 1.82) is 0 Å². The maximum absolute atomic E-state index is 12.7. The summed E-state index contributed by atoms with van der Waals surface area (Å²) in [5, 5.41) is 3.58. The van der Waals surface area contributed by atoms with Crippen LogP contribution in [0.4, 0.5) is 0 Å². The van der Waals surface area contributed by atoms with Gasteiger partial charge in [0.05, 0.1) is 6.04 Å². The van der Waals surface area contributed by atoms with E-state index in [0.29, 0.717) is 11.8 Å². The number of likely N-dealkylation sites (tertiary alicyclic amines) is 1. The van der Waals surface area contributed by atoms with Crippen LogP contribution in [0.2, 0.25) is 0 Å². The van der Waals surface area contributed by atoms with Crippen LogP contribution in [-0.4, -0.2) is 85.5 Å². The summed E-state index contributed by atoms with van der Waals surface area (Å²) >= 11 is 0. The predicted octanol–water partition coefficient (Wildman–Crippen LogP) is 2.38. The molecule has 0 bridgehead atoms. The van der Waals surface area contributed by atoms with Gasteiger partial charge in [0.25, 0.3) is 0 Å². The second-order valence-corrected chi connectivity index (χ2v) is 8.18. The van der Waals surface area contributed by atoms with E-state index in [1.165, 1.54) is 5.56 Å². The molecule has 0 aromatic heterocycles. The van der Waals surface area contributed by atoms with Crippen molar-refractivity contribution < 1.29 is 4.79 Å². The van der Waals surface area contributed by atoms with Gasteiger partial charge in [-0.1, -0.05) is 37.3 Å². The highest BCUT2D eigenvalue weighted by Crippen LogP contribution is 2.18. The molecule has 1 amide bonds. The van der Waals surface area contributed by atoms with Crippen LogP contribution in [-0.2, 0) is 4.79 Å². The first-order chi connectivity index (χ1) is 14.1. The van der Waals surface area contributed by atoms with Crippen LogP contribution in [0, 0.1) is 0 Å². The number of nitrogens with zero attached hydrogens (tertiary/aromatic N) is 4. The topological polar surface area (TPSA) is 51.2 Å². The van der Waals surface area contributed by atoms with E-state index in [0.717, 1.165) is 71.0 Å². The Kier molecular flexibility index (Phi) is 7.92. The molecule has 2 saturated heterocycles. The zero-order valence-electron chi connectivity index (χ0n) is 18.3. The lowest BCUT2D eigenvalue weighted by Crippen LogP contribution is -2.57. The number of nitrogens with one attached hydrogen (secondary N) is 1. The summed E-state index contributed by atoms with van der Waals surface area (Å²) in [6.45, 7) is 10.7. The molecule has 2 unspecified atom stereocenters. The molecule has 1 N–H and O–H groups in total. The quantitative estimate of drug-likeness (QED) is 0.589. The first-order valence-electron chi connectivity index (χ1n) is 11.2. The number of carbonyl (C=O) groups excluding carboxylic acids is 1. The lowest BCUT2D eigenvalue weighted by molar-refractivity contribution is -0.135. The molecule has 1 aromatic carbocycles. The number of benzene rings is 1. The van der Waals surface area contributed by atoms with Gasteiger partial charge in [0.15, 0.2) is 5.96 Å². The second kappa shape index (κ2) is 10.6. The lowest BCUT2D eigenvalue weighted by Gasteiger charge is -2.39. The molecule has 29 heavy (non-hydrogen) atoms. The fourth-order valence-electron chi connectivity index (χ4n) is 4.45. The smallest absolute Gasteiger partial charge is 0.239 e. The van der Waals surface area contributed by atoms with Crippen molar-refractivity contribution in [3.8, 4) is 0 Å². The SMILES string of the molecule is CCC(CNC(=NC)N1CCN(C(C)C(=O)N2CCCC2)CC1)c1ccccc1. The molecule has 2 aliphatic rings. The van der Waals surface area contributed by atoms with Crippen molar-refractivity contribution >= 4 is 11.9 Å². The fraction of sp³-hybridized carbons (Fsp3) is 0.652. The Bertz CT molecular complexity index is 663. The monoisotopic (exact) mass is 399 g/mol. The van der Waals surface area contributed by atoms with Gasteiger partial charge in [0.2, 0.25) is 5.91 Å². The van der Waals surface area contributed by atoms with E-state index in [4.69, 9.17) is 0 Å². The Balaban J connectivity index is 1.49. The summed E-state index contributed by atoms with van der Waals surface area (Å²) in [7, 11) is 1.86. The van der Waals surface area contributed by atoms with E-state index in [-0.39, 0.29) is 6.04 Å². The van der Waals surface area contributed by atoms with Crippen molar-refractivity contribution in [2.24, 2.45) is 4.99 Å². The van der Waals surface area contributed by atoms with Crippen LogP contribution >= 0.6 is 0 Å². The Morgan fingerprint density at radius 3 is 2.28 bits per heavy atom. The van der Waals surface area contributed by atoms with E-state index in [1.807, 2.05) is 11.9 Å². The largest absolute Gasteiger partial charge is 0.356 e. The molecular formula is C23H37N5O. The number of hydrogen-bond donors (Lipinski definition) is 1. The molecule has 2 fully saturated rings. The summed E-state index contributed by atoms with van der Waals surface area (Å²) in [5.41, 5.74) is 1.37. The van der Waals surface area contributed by atoms with E-state index in [1.54, 1.807) is 0 Å². The van der Waals surface area contributed by atoms with E-state index < -0.39 is 0 Å². The lowest BCUT2D eigenvalue weighted by atomic mass is 9.96. The molecule has 2 heterocycles. The highest BCUT2D eigenvalue weighted by atomic mass is 16.2. The molecular weight excluding hydrogens is 362 g/mol. The molecule has 160 valence electrons. The first kappa shape index (κ1) is 21.6. The third-order valence-corrected chi connectivity index (χ3v) is 6.42. The van der Waals surface area contributed by atoms with Crippen LogP contribution in [0.1, 0.15) is 44.6 Å². The summed E-state index contributed by atoms with van der Waals surface area (Å²) in [4.78, 5) is 23.9. The van der Waals surface area contributed by atoms with Gasteiger partial charge >= 0.3 is 0 Å². The van der Waals surface area contributed by atoms with Crippen LogP contribution in [0.25, 0.3) is 0 Å². The first-order valence-corrected chi connectivity index (χ1v) is 11.2. The molecule has 6 nitrogen and oxygen atoms in total. The summed E-state index contributed by atoms with van der Waals surface area (Å²) in [6, 6.07) is 10.7. The van der Waals surface area contributed by atoms with Gasteiger partial charge < -0.3 is 15.1 Å². The van der Waals surface area contributed by atoms with Crippen molar-refractivity contribution in [3.05, 3.63) is 35.9 Å². The van der Waals surface area contributed by atoms with Gasteiger partial charge in [-0.15, -0.1) is 0 Å². The maximum Gasteiger partial charge on any atom is 0.239 e. The molecule has 6 heteroatoms. The summed E-state index contributed by atoms with van der Waals surface area (Å²) in [6.07, 6.45) is 3.39. The van der Waals surface area contributed by atoms with Gasteiger partial charge in [0.1, 0.15) is 0 Å². The highest BCUT2D eigenvalue weighted by Gasteiger charge is 2.30. The Hall–Kier alpha value is -2.08. The van der Waals surface area contributed by atoms with Gasteiger partial charge in [-0.3, -0.25) is 14.7 Å². The molecule has 0 spiro atoms. The van der Waals surface area contributed by atoms with E-state index in [9.17, 15) is 4.79 Å². The molecule has 2 atom stereocenters. The zero-order valence-corrected chi connectivity index (χ0v) is 18.3. The maximum atomic E-state index is 12.7. The average Bonchev–Trinajstić information content (AvgIpc) is 3.32. The highest BCUT2D eigenvalue weighted by molar-refractivity contribution is 5.82. The van der Waals surface area contributed by atoms with Crippen molar-refractivity contribution in [3.63, 3.8) is 0 Å². The minimum atomic E-state index is -0.0206. The Morgan fingerprint density at radius 1 is 1.03 bits per heavy atom. The van der Waals surface area contributed by atoms with Crippen LogP contribution in [0.5, 0.6) is 0 Å². The molecule has 0 radical (unpaired) electrons. The van der Waals surface area contributed by atoms with Crippen molar-refractivity contribution in [2.75, 3.05) is 52.9 Å². The number of amides is 1. The van der Waals surface area contributed by atoms with Crippen LogP contribution < -0.4 is 5.32 Å². The number of carbonyl (C=O) groups is 1. The third kappa shape index (κ3) is 5.50. The Morgan fingerprint density at radius 2 is 1.69 bits per heavy atom. The Labute approximate surface area is 176 Å². The minimum absolute atomic E-state index is 0.0206. The number of rotatable bonds is 6. The van der Waals surface area contributed by atoms with E-state index in [2.05, 4.69) is 64.3 Å². The van der Waals surface area contributed by atoms with Crippen LogP contribution in [0.3, 0.4) is 0 Å². The number of hydrogen-bond acceptors (Lipinski definition) is 3. The molecule has 0 aliphatic carbocycles. The van der Waals surface area contributed by atoms with Crippen molar-refractivity contribution in [1.82, 2.24) is 20.0 Å². The second-order valence-electron chi connectivity index (χ2n) is 8.18. The minimum Gasteiger partial charge on any atom is -0.356 e. The van der Waals surface area contributed by atoms with Crippen LogP contribution in [0.15, 0.2) is 35.3 Å².